The number of aromatic nitrogens is 2. The molecule has 0 saturated heterocycles. The largest absolute Gasteiger partial charge is 0.462 e. The van der Waals surface area contributed by atoms with Gasteiger partial charge in [-0.25, -0.2) is 19.2 Å². The van der Waals surface area contributed by atoms with Gasteiger partial charge in [-0.2, -0.15) is 0 Å². The zero-order valence-electron chi connectivity index (χ0n) is 11.9. The van der Waals surface area contributed by atoms with Gasteiger partial charge in [0.15, 0.2) is 5.82 Å². The van der Waals surface area contributed by atoms with E-state index in [1.54, 1.807) is 32.9 Å². The fourth-order valence-corrected chi connectivity index (χ4v) is 2.29. The minimum absolute atomic E-state index is 0.0430. The molecule has 6 heteroatoms. The van der Waals surface area contributed by atoms with Crippen LogP contribution in [0, 0.1) is 19.7 Å². The van der Waals surface area contributed by atoms with E-state index in [1.807, 2.05) is 0 Å². The van der Waals surface area contributed by atoms with Gasteiger partial charge in [-0.1, -0.05) is 23.7 Å². The Bertz CT molecular complexity index is 661. The molecule has 0 unspecified atom stereocenters. The molecule has 21 heavy (non-hydrogen) atoms. The van der Waals surface area contributed by atoms with Gasteiger partial charge in [0.05, 0.1) is 17.9 Å². The van der Waals surface area contributed by atoms with E-state index in [-0.39, 0.29) is 28.7 Å². The van der Waals surface area contributed by atoms with Crippen LogP contribution in [-0.2, 0) is 4.74 Å². The summed E-state index contributed by atoms with van der Waals surface area (Å²) >= 11 is 6.05. The summed E-state index contributed by atoms with van der Waals surface area (Å²) in [7, 11) is 0. The standard InChI is InChI=1S/C15H14ClFN2O2/c1-4-21-15(20)12-9(3)18-14(19-13(12)16)11-8(2)6-5-7-10(11)17/h5-7H,4H2,1-3H3. The molecule has 0 aliphatic heterocycles. The van der Waals surface area contributed by atoms with Crippen LogP contribution in [0.2, 0.25) is 5.15 Å². The molecule has 110 valence electrons. The minimum atomic E-state index is -0.586. The number of nitrogens with zero attached hydrogens (tertiary/aromatic N) is 2. The molecule has 0 fully saturated rings. The first-order valence-electron chi connectivity index (χ1n) is 6.42. The molecule has 2 rings (SSSR count). The normalized spacial score (nSPS) is 10.5. The van der Waals surface area contributed by atoms with E-state index in [2.05, 4.69) is 9.97 Å². The fourth-order valence-electron chi connectivity index (χ4n) is 2.00. The van der Waals surface area contributed by atoms with Crippen molar-refractivity contribution in [2.24, 2.45) is 0 Å². The molecule has 2 aromatic rings. The summed E-state index contributed by atoms with van der Waals surface area (Å²) < 4.78 is 18.9. The lowest BCUT2D eigenvalue weighted by molar-refractivity contribution is 0.0524. The van der Waals surface area contributed by atoms with Gasteiger partial charge in [0.2, 0.25) is 0 Å². The van der Waals surface area contributed by atoms with Crippen LogP contribution in [0.15, 0.2) is 18.2 Å². The summed E-state index contributed by atoms with van der Waals surface area (Å²) in [6.45, 7) is 5.28. The van der Waals surface area contributed by atoms with Crippen LogP contribution in [0.25, 0.3) is 11.4 Å². The predicted octanol–water partition coefficient (Wildman–Crippen LogP) is 3.73. The van der Waals surface area contributed by atoms with E-state index in [9.17, 15) is 9.18 Å². The van der Waals surface area contributed by atoms with Crippen molar-refractivity contribution in [2.45, 2.75) is 20.8 Å². The SMILES string of the molecule is CCOC(=O)c1c(C)nc(-c2c(C)cccc2F)nc1Cl. The lowest BCUT2D eigenvalue weighted by Gasteiger charge is -2.10. The smallest absolute Gasteiger partial charge is 0.343 e. The Morgan fingerprint density at radius 1 is 1.33 bits per heavy atom. The lowest BCUT2D eigenvalue weighted by atomic mass is 10.1. The first kappa shape index (κ1) is 15.4. The van der Waals surface area contributed by atoms with Gasteiger partial charge < -0.3 is 4.74 Å². The molecule has 0 aliphatic rings. The number of halogens is 2. The first-order chi connectivity index (χ1) is 9.95. The van der Waals surface area contributed by atoms with Gasteiger partial charge in [-0.05, 0) is 32.4 Å². The summed E-state index contributed by atoms with van der Waals surface area (Å²) in [6, 6.07) is 4.69. The maximum atomic E-state index is 14.0. The Morgan fingerprint density at radius 3 is 2.62 bits per heavy atom. The molecule has 0 amide bonds. The van der Waals surface area contributed by atoms with Crippen molar-refractivity contribution in [3.05, 3.63) is 46.0 Å². The van der Waals surface area contributed by atoms with Gasteiger partial charge in [0, 0.05) is 0 Å². The van der Waals surface area contributed by atoms with Gasteiger partial charge in [0.1, 0.15) is 16.5 Å². The number of hydrogen-bond donors (Lipinski definition) is 0. The van der Waals surface area contributed by atoms with Crippen LogP contribution in [0.3, 0.4) is 0 Å². The number of benzene rings is 1. The summed E-state index contributed by atoms with van der Waals surface area (Å²) in [4.78, 5) is 20.0. The number of ether oxygens (including phenoxy) is 1. The molecule has 4 nitrogen and oxygen atoms in total. The Morgan fingerprint density at radius 2 is 2.05 bits per heavy atom. The number of aryl methyl sites for hydroxylation is 2. The molecule has 1 heterocycles. The molecule has 0 bridgehead atoms. The van der Waals surface area contributed by atoms with E-state index >= 15 is 0 Å². The highest BCUT2D eigenvalue weighted by molar-refractivity contribution is 6.32. The van der Waals surface area contributed by atoms with Gasteiger partial charge in [0.25, 0.3) is 0 Å². The number of carbonyl (C=O) groups excluding carboxylic acids is 1. The third-order valence-electron chi connectivity index (χ3n) is 2.97. The molecule has 0 radical (unpaired) electrons. The van der Waals surface area contributed by atoms with Crippen molar-refractivity contribution in [1.82, 2.24) is 9.97 Å². The van der Waals surface area contributed by atoms with Crippen LogP contribution in [0.5, 0.6) is 0 Å². The van der Waals surface area contributed by atoms with E-state index in [0.717, 1.165) is 0 Å². The second kappa shape index (κ2) is 6.18. The van der Waals surface area contributed by atoms with Crippen LogP contribution < -0.4 is 0 Å². The number of rotatable bonds is 3. The van der Waals surface area contributed by atoms with Crippen LogP contribution in [0.4, 0.5) is 4.39 Å². The molecule has 0 aliphatic carbocycles. The van der Waals surface area contributed by atoms with Crippen molar-refractivity contribution in [3.63, 3.8) is 0 Å². The Kier molecular flexibility index (Phi) is 4.53. The Labute approximate surface area is 126 Å². The molecular formula is C15H14ClFN2O2. The lowest BCUT2D eigenvalue weighted by Crippen LogP contribution is -2.11. The second-order valence-corrected chi connectivity index (χ2v) is 4.81. The molecule has 0 saturated carbocycles. The maximum Gasteiger partial charge on any atom is 0.343 e. The summed E-state index contributed by atoms with van der Waals surface area (Å²) in [6.07, 6.45) is 0. The van der Waals surface area contributed by atoms with Crippen molar-refractivity contribution in [1.29, 1.82) is 0 Å². The topological polar surface area (TPSA) is 52.1 Å². The van der Waals surface area contributed by atoms with Crippen molar-refractivity contribution in [2.75, 3.05) is 6.61 Å². The van der Waals surface area contributed by atoms with Crippen molar-refractivity contribution in [3.8, 4) is 11.4 Å². The summed E-state index contributed by atoms with van der Waals surface area (Å²) in [5.41, 5.74) is 1.43. The molecule has 0 N–H and O–H groups in total. The number of esters is 1. The number of hydrogen-bond acceptors (Lipinski definition) is 4. The quantitative estimate of drug-likeness (QED) is 0.640. The maximum absolute atomic E-state index is 14.0. The third kappa shape index (κ3) is 3.03. The fraction of sp³-hybridized carbons (Fsp3) is 0.267. The summed E-state index contributed by atoms with van der Waals surface area (Å²) in [5, 5.41) is -0.0430. The molecule has 0 atom stereocenters. The molecule has 0 spiro atoms. The zero-order valence-corrected chi connectivity index (χ0v) is 12.7. The van der Waals surface area contributed by atoms with Gasteiger partial charge in [-0.15, -0.1) is 0 Å². The Balaban J connectivity index is 2.57. The van der Waals surface area contributed by atoms with Gasteiger partial charge in [-0.3, -0.25) is 0 Å². The average Bonchev–Trinajstić information content (AvgIpc) is 2.38. The van der Waals surface area contributed by atoms with E-state index in [4.69, 9.17) is 16.3 Å². The van der Waals surface area contributed by atoms with Gasteiger partial charge >= 0.3 is 5.97 Å². The van der Waals surface area contributed by atoms with Crippen LogP contribution in [-0.4, -0.2) is 22.5 Å². The monoisotopic (exact) mass is 308 g/mol. The number of carbonyl (C=O) groups is 1. The van der Waals surface area contributed by atoms with Crippen LogP contribution in [0.1, 0.15) is 28.5 Å². The molecule has 1 aromatic carbocycles. The predicted molar refractivity (Wildman–Crippen MR) is 77.9 cm³/mol. The average molecular weight is 309 g/mol. The van der Waals surface area contributed by atoms with Crippen molar-refractivity contribution >= 4 is 17.6 Å². The highest BCUT2D eigenvalue weighted by Crippen LogP contribution is 2.27. The highest BCUT2D eigenvalue weighted by atomic mass is 35.5. The van der Waals surface area contributed by atoms with Crippen molar-refractivity contribution < 1.29 is 13.9 Å². The second-order valence-electron chi connectivity index (χ2n) is 4.45. The summed E-state index contributed by atoms with van der Waals surface area (Å²) in [5.74, 6) is -0.868. The van der Waals surface area contributed by atoms with Crippen LogP contribution >= 0.6 is 11.6 Å². The van der Waals surface area contributed by atoms with E-state index in [1.165, 1.54) is 6.07 Å². The molecular weight excluding hydrogens is 295 g/mol. The van der Waals surface area contributed by atoms with E-state index < -0.39 is 11.8 Å². The minimum Gasteiger partial charge on any atom is -0.462 e. The highest BCUT2D eigenvalue weighted by Gasteiger charge is 2.21. The first-order valence-corrected chi connectivity index (χ1v) is 6.80. The Hall–Kier alpha value is -2.01. The van der Waals surface area contributed by atoms with E-state index in [0.29, 0.717) is 11.3 Å². The third-order valence-corrected chi connectivity index (χ3v) is 3.24. The zero-order chi connectivity index (χ0) is 15.6. The molecule has 1 aromatic heterocycles.